The Hall–Kier alpha value is -8.61. The van der Waals surface area contributed by atoms with E-state index in [0.717, 1.165) is 19.8 Å². The van der Waals surface area contributed by atoms with Gasteiger partial charge in [-0.15, -0.1) is 0 Å². The summed E-state index contributed by atoms with van der Waals surface area (Å²) in [6.07, 6.45) is 6.82. The number of piperazine rings is 1. The van der Waals surface area contributed by atoms with Crippen LogP contribution in [0.4, 0.5) is 45.2 Å². The van der Waals surface area contributed by atoms with Crippen molar-refractivity contribution in [2.45, 2.75) is 136 Å². The van der Waals surface area contributed by atoms with Gasteiger partial charge in [0.15, 0.2) is 64.1 Å². The second-order valence-corrected chi connectivity index (χ2v) is 42.8. The lowest BCUT2D eigenvalue weighted by atomic mass is 9.96. The lowest BCUT2D eigenvalue weighted by Crippen LogP contribution is -2.64. The van der Waals surface area contributed by atoms with Gasteiger partial charge in [-0.25, -0.2) is 42.1 Å². The van der Waals surface area contributed by atoms with Crippen LogP contribution in [0.15, 0.2) is 351 Å². The summed E-state index contributed by atoms with van der Waals surface area (Å²) in [7, 11) is -33.6. The van der Waals surface area contributed by atoms with E-state index in [1.165, 1.54) is 87.6 Å². The number of hydrogen-bond acceptors (Lipinski definition) is 16. The maximum absolute atomic E-state index is 13.9. The SMILES string of the molecule is CC([O-])=NS(=O)(=O)c1ccc(N)cc1.CCCCS(=O)(=O)[N-]S(=O)(=O)CCNC1CCCCC1.O=S(=O)([N-]S(=O)(=O)C(F)(F)C(F)(F)C(F)(F)S(=O)(=O)N1CCNCC1)C(F)(F)F.c1ccc([S+](c2ccccc2)c2ccccc2)cc1.c1ccc([S+](c2ccccc2)c2ccccc2)cc1.c1ccc([S+](c2ccccc2)c2ccccc2)cc1. The third kappa shape index (κ3) is 28.8. The molecular formula is C82H88F9N7O13S9. The third-order valence-corrected chi connectivity index (χ3v) is 33.3. The van der Waals surface area contributed by atoms with Crippen molar-refractivity contribution in [2.75, 3.05) is 50.0 Å². The standard InChI is InChI=1S/3C18H15S.C12H25N2O4S2.C8H9F9N3O6S3.C8H10N2O3S/c3*1-4-10-16(11-5-1)19(17-12-6-2-7-13-17)18-14-8-3-9-15-18;1-2-3-10-19(15,16)14-20(17,18)11-9-13-12-7-5-4-6-8-12;9-5(10,7(13,14)29(25,26)20-3-1-18-2-4-20)6(11,12)27(21,22)19-28(23,24)8(15,16)17;1-6(11)10-14(12,13)8-4-2-7(9)3-5-8/h3*1-15H;12-13H,2-11H2,1H3;18H,1-4H2;2-5H,9H2,1H3,(H,10,11)/q3*+1;2*-1;/p-1. The van der Waals surface area contributed by atoms with Crippen LogP contribution in [-0.2, 0) is 92.8 Å². The normalized spacial score (nSPS) is 14.2. The van der Waals surface area contributed by atoms with Crippen molar-refractivity contribution >= 4 is 104 Å². The summed E-state index contributed by atoms with van der Waals surface area (Å²) in [4.78, 5) is 12.2. The molecule has 120 heavy (non-hydrogen) atoms. The van der Waals surface area contributed by atoms with E-state index >= 15 is 0 Å². The van der Waals surface area contributed by atoms with Gasteiger partial charge in [0.1, 0.15) is 0 Å². The Morgan fingerprint density at radius 3 is 1.02 bits per heavy atom. The fraction of sp³-hybridized carbons (Fsp3) is 0.256. The lowest BCUT2D eigenvalue weighted by Gasteiger charge is -2.38. The number of halogens is 9. The molecule has 0 amide bonds. The molecule has 0 aromatic heterocycles. The summed E-state index contributed by atoms with van der Waals surface area (Å²) in [5.74, 6) is -8.62. The van der Waals surface area contributed by atoms with Crippen molar-refractivity contribution in [2.24, 2.45) is 4.40 Å². The first kappa shape index (κ1) is 98.5. The monoisotopic (exact) mass is 1840 g/mol. The van der Waals surface area contributed by atoms with Gasteiger partial charge in [-0.1, -0.05) is 196 Å². The number of nitrogens with two attached hydrogens (primary N) is 1. The first-order valence-electron chi connectivity index (χ1n) is 36.8. The van der Waals surface area contributed by atoms with Gasteiger partial charge in [0.05, 0.1) is 57.6 Å². The third-order valence-electron chi connectivity index (χ3n) is 16.9. The number of anilines is 1. The van der Waals surface area contributed by atoms with Gasteiger partial charge in [0.2, 0.25) is 0 Å². The summed E-state index contributed by atoms with van der Waals surface area (Å²) >= 11 is 0. The molecule has 10 aromatic carbocycles. The minimum Gasteiger partial charge on any atom is -0.861 e. The number of benzene rings is 10. The van der Waals surface area contributed by atoms with Crippen LogP contribution in [0.1, 0.15) is 58.8 Å². The van der Waals surface area contributed by atoms with Crippen molar-refractivity contribution in [1.29, 1.82) is 0 Å². The van der Waals surface area contributed by atoms with Crippen molar-refractivity contribution in [1.82, 2.24) is 14.9 Å². The molecule has 4 N–H and O–H groups in total. The first-order chi connectivity index (χ1) is 56.7. The van der Waals surface area contributed by atoms with Crippen LogP contribution in [0.5, 0.6) is 0 Å². The maximum Gasteiger partial charge on any atom is 0.480 e. The Kier molecular flexibility index (Phi) is 37.3. The lowest BCUT2D eigenvalue weighted by molar-refractivity contribution is -0.244. The van der Waals surface area contributed by atoms with E-state index in [4.69, 9.17) is 5.73 Å². The summed E-state index contributed by atoms with van der Waals surface area (Å²) in [5.41, 5.74) is -0.836. The largest absolute Gasteiger partial charge is 0.861 e. The Balaban J connectivity index is 0.000000201. The maximum atomic E-state index is 13.9. The number of unbranched alkanes of at least 4 members (excludes halogenated alkanes) is 1. The fourth-order valence-corrected chi connectivity index (χ4v) is 25.1. The molecule has 1 aliphatic carbocycles. The van der Waals surface area contributed by atoms with Crippen LogP contribution in [0.2, 0.25) is 0 Å². The van der Waals surface area contributed by atoms with E-state index in [9.17, 15) is 95.1 Å². The molecule has 646 valence electrons. The summed E-state index contributed by atoms with van der Waals surface area (Å²) < 4.78 is 261. The average Bonchev–Trinajstić information content (AvgIpc) is 0.710. The molecule has 0 atom stereocenters. The minimum atomic E-state index is -7.87. The number of sulfonamides is 6. The molecule has 2 fully saturated rings. The Morgan fingerprint density at radius 2 is 0.742 bits per heavy atom. The van der Waals surface area contributed by atoms with Crippen LogP contribution >= 0.6 is 0 Å². The van der Waals surface area contributed by atoms with E-state index in [2.05, 4.69) is 292 Å². The highest BCUT2D eigenvalue weighted by atomic mass is 32.3. The van der Waals surface area contributed by atoms with Crippen molar-refractivity contribution in [3.05, 3.63) is 306 Å². The number of nitrogens with one attached hydrogen (secondary N) is 2. The smallest absolute Gasteiger partial charge is 0.480 e. The van der Waals surface area contributed by atoms with Crippen LogP contribution in [0.3, 0.4) is 0 Å². The van der Waals surface area contributed by atoms with E-state index in [0.29, 0.717) is 28.7 Å². The highest BCUT2D eigenvalue weighted by Crippen LogP contribution is 2.54. The zero-order chi connectivity index (χ0) is 87.9. The molecule has 38 heteroatoms. The molecule has 0 unspecified atom stereocenters. The second-order valence-electron chi connectivity index (χ2n) is 25.9. The number of alkyl halides is 9. The molecule has 0 radical (unpaired) electrons. The molecular weight excluding hydrogens is 1750 g/mol. The Labute approximate surface area is 704 Å². The molecule has 10 aromatic rings. The van der Waals surface area contributed by atoms with Gasteiger partial charge in [0, 0.05) is 56.0 Å². The van der Waals surface area contributed by atoms with Crippen molar-refractivity contribution < 1.29 is 95.1 Å². The first-order valence-corrected chi connectivity index (χ1v) is 49.4. The highest BCUT2D eigenvalue weighted by molar-refractivity contribution is 8.13. The molecule has 12 rings (SSSR count). The minimum absolute atomic E-state index is 0.0146. The molecule has 0 spiro atoms. The van der Waals surface area contributed by atoms with Crippen LogP contribution in [0.25, 0.3) is 8.25 Å². The molecule has 2 aliphatic rings. The van der Waals surface area contributed by atoms with E-state index < -0.39 is 101 Å². The van der Waals surface area contributed by atoms with Gasteiger partial charge in [0.25, 0.3) is 20.0 Å². The summed E-state index contributed by atoms with van der Waals surface area (Å²) in [6.45, 7) is 0.592. The van der Waals surface area contributed by atoms with E-state index in [1.807, 2.05) is 6.92 Å². The molecule has 1 aliphatic heterocycles. The van der Waals surface area contributed by atoms with Gasteiger partial charge in [-0.2, -0.15) is 56.6 Å². The number of hydrogen-bond donors (Lipinski definition) is 3. The topological polar surface area (TPSA) is 322 Å². The Morgan fingerprint density at radius 1 is 0.442 bits per heavy atom. The number of rotatable bonds is 27. The molecule has 20 nitrogen and oxygen atoms in total. The van der Waals surface area contributed by atoms with Gasteiger partial charge < -0.3 is 29.7 Å². The summed E-state index contributed by atoms with van der Waals surface area (Å²) in [6, 6.07) is 102. The number of nitrogen functional groups attached to an aromatic ring is 1. The fourth-order valence-electron chi connectivity index (χ4n) is 11.1. The van der Waals surface area contributed by atoms with E-state index in [1.54, 1.807) is 0 Å². The average molecular weight is 1840 g/mol. The Bertz CT molecular complexity index is 4960. The van der Waals surface area contributed by atoms with Crippen LogP contribution < -0.4 is 21.5 Å². The van der Waals surface area contributed by atoms with Crippen molar-refractivity contribution in [3.8, 4) is 0 Å². The number of nitrogens with zero attached hydrogens (tertiary/aromatic N) is 4. The molecule has 1 heterocycles. The van der Waals surface area contributed by atoms with Crippen LogP contribution in [0, 0.1) is 0 Å². The summed E-state index contributed by atoms with van der Waals surface area (Å²) in [5, 5.41) is 1.85. The molecule has 1 saturated carbocycles. The zero-order valence-corrected chi connectivity index (χ0v) is 71.9. The van der Waals surface area contributed by atoms with Crippen molar-refractivity contribution in [3.63, 3.8) is 0 Å². The quantitative estimate of drug-likeness (QED) is 0.0142. The van der Waals surface area contributed by atoms with E-state index in [-0.39, 0.29) is 73.0 Å². The predicted octanol–water partition coefficient (Wildman–Crippen LogP) is 16.4. The van der Waals surface area contributed by atoms with Gasteiger partial charge in [-0.05, 0) is 166 Å². The molecule has 1 saturated heterocycles. The highest BCUT2D eigenvalue weighted by Gasteiger charge is 2.81. The van der Waals surface area contributed by atoms with Gasteiger partial charge in [-0.3, -0.25) is 0 Å². The van der Waals surface area contributed by atoms with Crippen LogP contribution in [-0.4, -0.2) is 133 Å². The van der Waals surface area contributed by atoms with Gasteiger partial charge >= 0.3 is 21.9 Å². The second kappa shape index (κ2) is 45.5. The molecule has 0 bridgehead atoms. The predicted molar refractivity (Wildman–Crippen MR) is 452 cm³/mol. The zero-order valence-electron chi connectivity index (χ0n) is 64.5.